The third-order valence-corrected chi connectivity index (χ3v) is 3.08. The normalized spacial score (nSPS) is 11.1. The lowest BCUT2D eigenvalue weighted by molar-refractivity contribution is -0.138. The molecule has 0 saturated carbocycles. The molecule has 0 radical (unpaired) electrons. The summed E-state index contributed by atoms with van der Waals surface area (Å²) in [6.07, 6.45) is 0. The van der Waals surface area contributed by atoms with Crippen molar-refractivity contribution < 1.29 is 14.7 Å². The molecule has 0 aliphatic heterocycles. The summed E-state index contributed by atoms with van der Waals surface area (Å²) in [5.41, 5.74) is -0.308. The van der Waals surface area contributed by atoms with Crippen LogP contribution < -0.4 is 5.32 Å². The number of benzene rings is 1. The van der Waals surface area contributed by atoms with Crippen molar-refractivity contribution in [3.05, 3.63) is 28.2 Å². The molecule has 0 saturated heterocycles. The highest BCUT2D eigenvalue weighted by Crippen LogP contribution is 2.26. The number of carboxylic acid groups (broad SMARTS) is 1. The van der Waals surface area contributed by atoms with Crippen molar-refractivity contribution in [1.82, 2.24) is 4.90 Å². The summed E-state index contributed by atoms with van der Waals surface area (Å²) in [5, 5.41) is 12.2. The van der Waals surface area contributed by atoms with E-state index in [0.29, 0.717) is 15.7 Å². The van der Waals surface area contributed by atoms with E-state index in [0.717, 1.165) is 0 Å². The first kappa shape index (κ1) is 16.6. The maximum Gasteiger partial charge on any atom is 0.323 e. The number of anilines is 1. The van der Waals surface area contributed by atoms with E-state index < -0.39 is 24.1 Å². The van der Waals surface area contributed by atoms with Gasteiger partial charge in [-0.1, -0.05) is 23.2 Å². The SMILES string of the molecule is CC(C)(C)N(CC(=O)O)C(=O)Nc1cc(Cl)ccc1Cl. The Hall–Kier alpha value is -1.46. The van der Waals surface area contributed by atoms with Crippen molar-refractivity contribution >= 4 is 40.9 Å². The number of nitrogens with one attached hydrogen (secondary N) is 1. The van der Waals surface area contributed by atoms with E-state index in [1.165, 1.54) is 11.0 Å². The fourth-order valence-electron chi connectivity index (χ4n) is 1.52. The Morgan fingerprint density at radius 1 is 1.30 bits per heavy atom. The summed E-state index contributed by atoms with van der Waals surface area (Å²) < 4.78 is 0. The number of urea groups is 1. The third-order valence-electron chi connectivity index (χ3n) is 2.52. The van der Waals surface area contributed by atoms with Crippen molar-refractivity contribution in [1.29, 1.82) is 0 Å². The first-order valence-corrected chi connectivity index (χ1v) is 6.62. The van der Waals surface area contributed by atoms with E-state index in [1.54, 1.807) is 32.9 Å². The molecule has 0 atom stereocenters. The third kappa shape index (κ3) is 4.58. The van der Waals surface area contributed by atoms with Crippen LogP contribution in [0, 0.1) is 0 Å². The number of carbonyl (C=O) groups is 2. The zero-order valence-corrected chi connectivity index (χ0v) is 12.9. The second-order valence-electron chi connectivity index (χ2n) is 5.21. The summed E-state index contributed by atoms with van der Waals surface area (Å²) >= 11 is 11.8. The zero-order valence-electron chi connectivity index (χ0n) is 11.4. The van der Waals surface area contributed by atoms with Crippen LogP contribution in [0.2, 0.25) is 10.0 Å². The molecule has 1 aromatic rings. The summed E-state index contributed by atoms with van der Waals surface area (Å²) in [6.45, 7) is 4.83. The predicted molar refractivity (Wildman–Crippen MR) is 79.6 cm³/mol. The van der Waals surface area contributed by atoms with Gasteiger partial charge in [0.05, 0.1) is 10.7 Å². The van der Waals surface area contributed by atoms with Crippen LogP contribution in [0.5, 0.6) is 0 Å². The van der Waals surface area contributed by atoms with E-state index in [1.807, 2.05) is 0 Å². The van der Waals surface area contributed by atoms with Crippen LogP contribution >= 0.6 is 23.2 Å². The number of nitrogens with zero attached hydrogens (tertiary/aromatic N) is 1. The van der Waals surface area contributed by atoms with Crippen molar-refractivity contribution in [3.63, 3.8) is 0 Å². The van der Waals surface area contributed by atoms with Crippen LogP contribution in [-0.2, 0) is 4.79 Å². The van der Waals surface area contributed by atoms with Crippen molar-refractivity contribution in [2.24, 2.45) is 0 Å². The lowest BCUT2D eigenvalue weighted by Crippen LogP contribution is -2.50. The molecule has 7 heteroatoms. The van der Waals surface area contributed by atoms with E-state index in [9.17, 15) is 9.59 Å². The molecule has 2 amide bonds. The lowest BCUT2D eigenvalue weighted by atomic mass is 10.1. The first-order valence-electron chi connectivity index (χ1n) is 5.86. The standard InChI is InChI=1S/C13H16Cl2N2O3/c1-13(2,3)17(7-11(18)19)12(20)16-10-6-8(14)4-5-9(10)15/h4-6H,7H2,1-3H3,(H,16,20)(H,18,19). The Labute approximate surface area is 127 Å². The largest absolute Gasteiger partial charge is 0.480 e. The molecule has 1 aromatic carbocycles. The molecule has 0 spiro atoms. The van der Waals surface area contributed by atoms with Gasteiger partial charge in [0.2, 0.25) is 0 Å². The summed E-state index contributed by atoms with van der Waals surface area (Å²) in [5.74, 6) is -1.09. The number of hydrogen-bond acceptors (Lipinski definition) is 2. The van der Waals surface area contributed by atoms with E-state index in [-0.39, 0.29) is 0 Å². The second-order valence-corrected chi connectivity index (χ2v) is 6.05. The van der Waals surface area contributed by atoms with Crippen molar-refractivity contribution in [2.75, 3.05) is 11.9 Å². The van der Waals surface area contributed by atoms with Gasteiger partial charge in [-0.2, -0.15) is 0 Å². The number of hydrogen-bond donors (Lipinski definition) is 2. The van der Waals surface area contributed by atoms with Crippen LogP contribution in [-0.4, -0.2) is 34.1 Å². The Morgan fingerprint density at radius 2 is 1.90 bits per heavy atom. The molecule has 0 aliphatic carbocycles. The summed E-state index contributed by atoms with van der Waals surface area (Å²) in [7, 11) is 0. The fraction of sp³-hybridized carbons (Fsp3) is 0.385. The van der Waals surface area contributed by atoms with Crippen LogP contribution in [0.15, 0.2) is 18.2 Å². The van der Waals surface area contributed by atoms with E-state index >= 15 is 0 Å². The van der Waals surface area contributed by atoms with Crippen LogP contribution in [0.4, 0.5) is 10.5 Å². The van der Waals surface area contributed by atoms with Crippen LogP contribution in [0.3, 0.4) is 0 Å². The minimum absolute atomic E-state index is 0.326. The minimum Gasteiger partial charge on any atom is -0.480 e. The molecular formula is C13H16Cl2N2O3. The highest BCUT2D eigenvalue weighted by atomic mass is 35.5. The smallest absolute Gasteiger partial charge is 0.323 e. The highest BCUT2D eigenvalue weighted by Gasteiger charge is 2.28. The van der Waals surface area contributed by atoms with Crippen molar-refractivity contribution in [2.45, 2.75) is 26.3 Å². The molecule has 0 unspecified atom stereocenters. The number of aliphatic carboxylic acids is 1. The molecule has 2 N–H and O–H groups in total. The maximum absolute atomic E-state index is 12.2. The number of carbonyl (C=O) groups excluding carboxylic acids is 1. The second kappa shape index (κ2) is 6.33. The first-order chi connectivity index (χ1) is 9.11. The van der Waals surface area contributed by atoms with Gasteiger partial charge in [0.15, 0.2) is 0 Å². The Morgan fingerprint density at radius 3 is 2.40 bits per heavy atom. The monoisotopic (exact) mass is 318 g/mol. The van der Waals surface area contributed by atoms with Crippen molar-refractivity contribution in [3.8, 4) is 0 Å². The number of amides is 2. The highest BCUT2D eigenvalue weighted by molar-refractivity contribution is 6.35. The molecule has 110 valence electrons. The maximum atomic E-state index is 12.2. The van der Waals surface area contributed by atoms with E-state index in [2.05, 4.69) is 5.32 Å². The van der Waals surface area contributed by atoms with Crippen LogP contribution in [0.25, 0.3) is 0 Å². The van der Waals surface area contributed by atoms with Gasteiger partial charge in [0, 0.05) is 10.6 Å². The fourth-order valence-corrected chi connectivity index (χ4v) is 1.86. The number of halogens is 2. The molecule has 5 nitrogen and oxygen atoms in total. The average molecular weight is 319 g/mol. The Kier molecular flexibility index (Phi) is 5.25. The Bertz CT molecular complexity index is 527. The quantitative estimate of drug-likeness (QED) is 0.892. The summed E-state index contributed by atoms with van der Waals surface area (Å²) in [6, 6.07) is 4.10. The van der Waals surface area contributed by atoms with Gasteiger partial charge in [-0.15, -0.1) is 0 Å². The minimum atomic E-state index is -1.09. The average Bonchev–Trinajstić information content (AvgIpc) is 2.29. The van der Waals surface area contributed by atoms with Gasteiger partial charge in [-0.3, -0.25) is 4.79 Å². The number of rotatable bonds is 3. The van der Waals surface area contributed by atoms with Crippen LogP contribution in [0.1, 0.15) is 20.8 Å². The van der Waals surface area contributed by atoms with Gasteiger partial charge in [-0.25, -0.2) is 4.79 Å². The number of carboxylic acids is 1. The summed E-state index contributed by atoms with van der Waals surface area (Å²) in [4.78, 5) is 24.3. The lowest BCUT2D eigenvalue weighted by Gasteiger charge is -2.34. The molecular weight excluding hydrogens is 303 g/mol. The molecule has 0 bridgehead atoms. The van der Waals surface area contributed by atoms with Gasteiger partial charge >= 0.3 is 12.0 Å². The predicted octanol–water partition coefficient (Wildman–Crippen LogP) is 3.71. The molecule has 0 fully saturated rings. The molecule has 1 rings (SSSR count). The van der Waals surface area contributed by atoms with E-state index in [4.69, 9.17) is 28.3 Å². The molecule has 0 aliphatic rings. The Balaban J connectivity index is 2.96. The van der Waals surface area contributed by atoms with Gasteiger partial charge in [-0.05, 0) is 39.0 Å². The molecule has 0 heterocycles. The van der Waals surface area contributed by atoms with Gasteiger partial charge in [0.25, 0.3) is 0 Å². The zero-order chi connectivity index (χ0) is 15.5. The molecule has 20 heavy (non-hydrogen) atoms. The van der Waals surface area contributed by atoms with Gasteiger partial charge < -0.3 is 15.3 Å². The van der Waals surface area contributed by atoms with Gasteiger partial charge in [0.1, 0.15) is 6.54 Å². The topological polar surface area (TPSA) is 69.6 Å². The molecule has 0 aromatic heterocycles.